The van der Waals surface area contributed by atoms with E-state index in [9.17, 15) is 19.3 Å². The summed E-state index contributed by atoms with van der Waals surface area (Å²) in [6.45, 7) is 6.72. The van der Waals surface area contributed by atoms with Crippen molar-refractivity contribution in [2.45, 2.75) is 13.8 Å². The Morgan fingerprint density at radius 1 is 1.12 bits per heavy atom. The third kappa shape index (κ3) is 6.22. The Kier molecular flexibility index (Phi) is 8.25. The van der Waals surface area contributed by atoms with Gasteiger partial charge in [0.15, 0.2) is 6.61 Å². The Hall–Kier alpha value is -3.60. The zero-order valence-electron chi connectivity index (χ0n) is 18.5. The minimum Gasteiger partial charge on any atom is -0.492 e. The third-order valence-electron chi connectivity index (χ3n) is 4.77. The first-order chi connectivity index (χ1) is 15.9. The van der Waals surface area contributed by atoms with Gasteiger partial charge in [0.2, 0.25) is 5.82 Å². The summed E-state index contributed by atoms with van der Waals surface area (Å²) in [5.41, 5.74) is 0.581. The van der Waals surface area contributed by atoms with Crippen LogP contribution in [-0.2, 0) is 9.53 Å². The lowest BCUT2D eigenvalue weighted by molar-refractivity contribution is -0.387. The molecule has 1 fully saturated rings. The van der Waals surface area contributed by atoms with Crippen molar-refractivity contribution in [1.29, 1.82) is 0 Å². The topological polar surface area (TPSA) is 112 Å². The second kappa shape index (κ2) is 11.3. The van der Waals surface area contributed by atoms with E-state index in [-0.39, 0.29) is 5.75 Å². The summed E-state index contributed by atoms with van der Waals surface area (Å²) in [4.78, 5) is 24.5. The lowest BCUT2D eigenvalue weighted by atomic mass is 10.2. The van der Waals surface area contributed by atoms with E-state index < -0.39 is 28.9 Å². The second-order valence-electron chi connectivity index (χ2n) is 6.99. The molecule has 0 spiro atoms. The van der Waals surface area contributed by atoms with Crippen LogP contribution in [0.1, 0.15) is 13.8 Å². The number of nitrogens with zero attached hydrogens (tertiary/aromatic N) is 2. The molecule has 1 N–H and O–H groups in total. The fraction of sp³-hybridized carbons (Fsp3) is 0.409. The minimum absolute atomic E-state index is 0.00375. The summed E-state index contributed by atoms with van der Waals surface area (Å²) in [5, 5.41) is 13.4. The molecule has 10 nitrogen and oxygen atoms in total. The molecule has 178 valence electrons. The van der Waals surface area contributed by atoms with E-state index in [0.29, 0.717) is 56.7 Å². The Balaban J connectivity index is 1.75. The maximum Gasteiger partial charge on any atom is 0.305 e. The van der Waals surface area contributed by atoms with Crippen LogP contribution in [0.15, 0.2) is 30.3 Å². The molecule has 0 atom stereocenters. The quantitative estimate of drug-likeness (QED) is 0.422. The monoisotopic (exact) mass is 463 g/mol. The van der Waals surface area contributed by atoms with E-state index >= 15 is 0 Å². The van der Waals surface area contributed by atoms with Crippen LogP contribution in [0.2, 0.25) is 0 Å². The SMILES string of the molecule is CCOc1cc(N2CCOCC2)c(OCC)cc1NC(=O)COc1ccc([N+](=O)[O-])c(F)c1. The maximum absolute atomic E-state index is 13.8. The molecule has 33 heavy (non-hydrogen) atoms. The Morgan fingerprint density at radius 3 is 2.45 bits per heavy atom. The highest BCUT2D eigenvalue weighted by Crippen LogP contribution is 2.39. The number of amides is 1. The van der Waals surface area contributed by atoms with Crippen LogP contribution in [0.25, 0.3) is 0 Å². The fourth-order valence-corrected chi connectivity index (χ4v) is 3.30. The molecule has 0 aliphatic carbocycles. The number of hydrogen-bond acceptors (Lipinski definition) is 8. The lowest BCUT2D eigenvalue weighted by Crippen LogP contribution is -2.36. The van der Waals surface area contributed by atoms with Crippen LogP contribution in [0, 0.1) is 15.9 Å². The van der Waals surface area contributed by atoms with Crippen molar-refractivity contribution in [3.8, 4) is 17.2 Å². The van der Waals surface area contributed by atoms with Gasteiger partial charge in [-0.3, -0.25) is 14.9 Å². The van der Waals surface area contributed by atoms with E-state index in [2.05, 4.69) is 10.2 Å². The molecule has 1 heterocycles. The van der Waals surface area contributed by atoms with Gasteiger partial charge in [-0.2, -0.15) is 4.39 Å². The van der Waals surface area contributed by atoms with Crippen molar-refractivity contribution in [2.24, 2.45) is 0 Å². The molecule has 0 radical (unpaired) electrons. The first-order valence-electron chi connectivity index (χ1n) is 10.6. The normalized spacial score (nSPS) is 13.4. The number of hydrogen-bond donors (Lipinski definition) is 1. The van der Waals surface area contributed by atoms with Gasteiger partial charge in [0.1, 0.15) is 17.2 Å². The minimum atomic E-state index is -1.04. The summed E-state index contributed by atoms with van der Waals surface area (Å²) in [5.74, 6) is -0.502. The molecule has 1 amide bonds. The number of benzene rings is 2. The van der Waals surface area contributed by atoms with E-state index in [1.807, 2.05) is 19.9 Å². The average Bonchev–Trinajstić information content (AvgIpc) is 2.80. The summed E-state index contributed by atoms with van der Waals surface area (Å²) < 4.78 is 36.0. The van der Waals surface area contributed by atoms with Gasteiger partial charge in [0.25, 0.3) is 5.91 Å². The number of rotatable bonds is 10. The maximum atomic E-state index is 13.8. The highest BCUT2D eigenvalue weighted by atomic mass is 19.1. The molecule has 0 bridgehead atoms. The van der Waals surface area contributed by atoms with Gasteiger partial charge < -0.3 is 29.2 Å². The number of ether oxygens (including phenoxy) is 4. The molecule has 1 saturated heterocycles. The van der Waals surface area contributed by atoms with Crippen molar-refractivity contribution in [1.82, 2.24) is 0 Å². The number of halogens is 1. The summed E-state index contributed by atoms with van der Waals surface area (Å²) in [6, 6.07) is 6.59. The number of nitro benzene ring substituents is 1. The number of carbonyl (C=O) groups excluding carboxylic acids is 1. The van der Waals surface area contributed by atoms with Gasteiger partial charge in [-0.25, -0.2) is 0 Å². The Bertz CT molecular complexity index is 996. The molecular weight excluding hydrogens is 437 g/mol. The van der Waals surface area contributed by atoms with Crippen molar-refractivity contribution in [2.75, 3.05) is 56.3 Å². The number of anilines is 2. The van der Waals surface area contributed by atoms with Gasteiger partial charge in [0.05, 0.1) is 42.7 Å². The molecule has 2 aromatic carbocycles. The third-order valence-corrected chi connectivity index (χ3v) is 4.77. The number of carbonyl (C=O) groups is 1. The largest absolute Gasteiger partial charge is 0.492 e. The predicted molar refractivity (Wildman–Crippen MR) is 119 cm³/mol. The molecule has 11 heteroatoms. The summed E-state index contributed by atoms with van der Waals surface area (Å²) in [6.07, 6.45) is 0. The molecule has 1 aliphatic rings. The molecular formula is C22H26FN3O7. The molecule has 2 aromatic rings. The van der Waals surface area contributed by atoms with Crippen LogP contribution in [-0.4, -0.2) is 57.0 Å². The highest BCUT2D eigenvalue weighted by molar-refractivity contribution is 5.94. The van der Waals surface area contributed by atoms with Gasteiger partial charge in [-0.1, -0.05) is 0 Å². The van der Waals surface area contributed by atoms with Crippen molar-refractivity contribution in [3.05, 3.63) is 46.3 Å². The van der Waals surface area contributed by atoms with Crippen LogP contribution in [0.3, 0.4) is 0 Å². The first-order valence-corrected chi connectivity index (χ1v) is 10.6. The van der Waals surface area contributed by atoms with Crippen LogP contribution < -0.4 is 24.4 Å². The Labute approximate surface area is 190 Å². The summed E-state index contributed by atoms with van der Waals surface area (Å²) in [7, 11) is 0. The van der Waals surface area contributed by atoms with Gasteiger partial charge in [0, 0.05) is 37.4 Å². The van der Waals surface area contributed by atoms with E-state index in [1.54, 1.807) is 6.07 Å². The van der Waals surface area contributed by atoms with Gasteiger partial charge in [-0.05, 0) is 19.9 Å². The van der Waals surface area contributed by atoms with Crippen LogP contribution >= 0.6 is 0 Å². The van der Waals surface area contributed by atoms with Crippen LogP contribution in [0.4, 0.5) is 21.5 Å². The number of nitrogens with one attached hydrogen (secondary N) is 1. The second-order valence-corrected chi connectivity index (χ2v) is 6.99. The van der Waals surface area contributed by atoms with Gasteiger partial charge in [-0.15, -0.1) is 0 Å². The highest BCUT2D eigenvalue weighted by Gasteiger charge is 2.21. The molecule has 0 saturated carbocycles. The number of nitro groups is 1. The molecule has 0 aromatic heterocycles. The predicted octanol–water partition coefficient (Wildman–Crippen LogP) is 3.39. The van der Waals surface area contributed by atoms with E-state index in [4.69, 9.17) is 18.9 Å². The average molecular weight is 463 g/mol. The van der Waals surface area contributed by atoms with E-state index in [0.717, 1.165) is 17.8 Å². The number of morpholine rings is 1. The zero-order chi connectivity index (χ0) is 23.8. The van der Waals surface area contributed by atoms with Crippen LogP contribution in [0.5, 0.6) is 17.2 Å². The lowest BCUT2D eigenvalue weighted by Gasteiger charge is -2.31. The van der Waals surface area contributed by atoms with Crippen molar-refractivity contribution < 1.29 is 33.1 Å². The smallest absolute Gasteiger partial charge is 0.305 e. The standard InChI is InChI=1S/C22H26FN3O7/c1-3-31-20-13-19(25-7-9-30-10-8-25)21(32-4-2)12-17(20)24-22(27)14-33-15-5-6-18(26(28)29)16(23)11-15/h5-6,11-13H,3-4,7-10,14H2,1-2H3,(H,24,27). The van der Waals surface area contributed by atoms with E-state index in [1.165, 1.54) is 6.07 Å². The fourth-order valence-electron chi connectivity index (χ4n) is 3.30. The van der Waals surface area contributed by atoms with Gasteiger partial charge >= 0.3 is 5.69 Å². The zero-order valence-corrected chi connectivity index (χ0v) is 18.5. The molecule has 3 rings (SSSR count). The van der Waals surface area contributed by atoms with Crippen molar-refractivity contribution >= 4 is 23.0 Å². The summed E-state index contributed by atoms with van der Waals surface area (Å²) >= 11 is 0. The first kappa shape index (κ1) is 24.1. The van der Waals surface area contributed by atoms with Crippen molar-refractivity contribution in [3.63, 3.8) is 0 Å². The molecule has 0 unspecified atom stereocenters. The molecule has 1 aliphatic heterocycles. The Morgan fingerprint density at radius 2 is 1.82 bits per heavy atom.